The van der Waals surface area contributed by atoms with Crippen LogP contribution in [0.3, 0.4) is 0 Å². The summed E-state index contributed by atoms with van der Waals surface area (Å²) >= 11 is 0. The minimum absolute atomic E-state index is 0.0119. The van der Waals surface area contributed by atoms with Crippen LogP contribution in [-0.2, 0) is 27.7 Å². The summed E-state index contributed by atoms with van der Waals surface area (Å²) in [5.74, 6) is 0.760. The Bertz CT molecular complexity index is 921. The number of nitrogens with one attached hydrogen (secondary N) is 3. The third-order valence-corrected chi connectivity index (χ3v) is 7.00. The van der Waals surface area contributed by atoms with Gasteiger partial charge in [0.15, 0.2) is 5.96 Å². The molecule has 3 rings (SSSR count). The molecule has 1 saturated carbocycles. The molecule has 156 valence electrons. The lowest BCUT2D eigenvalue weighted by atomic mass is 9.64. The summed E-state index contributed by atoms with van der Waals surface area (Å²) in [6.45, 7) is 1.48. The second-order valence-electron chi connectivity index (χ2n) is 7.56. The first-order chi connectivity index (χ1) is 14.0. The van der Waals surface area contributed by atoms with Gasteiger partial charge in [0.2, 0.25) is 10.0 Å². The molecule has 2 aromatic carbocycles. The first-order valence-corrected chi connectivity index (χ1v) is 11.6. The van der Waals surface area contributed by atoms with Crippen LogP contribution in [0.25, 0.3) is 0 Å². The third kappa shape index (κ3) is 5.58. The van der Waals surface area contributed by atoms with Crippen LogP contribution in [-0.4, -0.2) is 35.0 Å². The summed E-state index contributed by atoms with van der Waals surface area (Å²) < 4.78 is 25.6. The first kappa shape index (κ1) is 21.3. The van der Waals surface area contributed by atoms with Crippen molar-refractivity contribution in [2.45, 2.75) is 37.0 Å². The Labute approximate surface area is 173 Å². The summed E-state index contributed by atoms with van der Waals surface area (Å²) in [5, 5.41) is 6.83. The van der Waals surface area contributed by atoms with Crippen molar-refractivity contribution >= 4 is 16.0 Å². The minimum atomic E-state index is -3.25. The van der Waals surface area contributed by atoms with E-state index in [1.807, 2.05) is 24.3 Å². The summed E-state index contributed by atoms with van der Waals surface area (Å²) in [6, 6.07) is 18.3. The van der Waals surface area contributed by atoms with Crippen LogP contribution in [0.15, 0.2) is 59.6 Å². The highest BCUT2D eigenvalue weighted by Crippen LogP contribution is 2.43. The SMILES string of the molecule is CN=C(NCc1ccc(CS(=O)(=O)NC)cc1)NCC1(c2ccccc2)CCC1. The molecule has 0 amide bonds. The molecular weight excluding hydrogens is 384 g/mol. The molecule has 2 aromatic rings. The molecule has 0 heterocycles. The molecule has 0 aliphatic heterocycles. The quantitative estimate of drug-likeness (QED) is 0.458. The number of hydrogen-bond donors (Lipinski definition) is 3. The molecule has 0 atom stereocenters. The molecule has 0 bridgehead atoms. The van der Waals surface area contributed by atoms with Gasteiger partial charge in [-0.05, 0) is 36.6 Å². The maximum Gasteiger partial charge on any atom is 0.215 e. The van der Waals surface area contributed by atoms with Crippen molar-refractivity contribution in [3.63, 3.8) is 0 Å². The Hall–Kier alpha value is -2.38. The summed E-state index contributed by atoms with van der Waals surface area (Å²) in [6.07, 6.45) is 3.65. The van der Waals surface area contributed by atoms with E-state index in [1.165, 1.54) is 31.9 Å². The number of rotatable bonds is 8. The topological polar surface area (TPSA) is 82.6 Å². The number of guanidine groups is 1. The molecule has 29 heavy (non-hydrogen) atoms. The van der Waals surface area contributed by atoms with E-state index in [1.54, 1.807) is 7.05 Å². The Morgan fingerprint density at radius 2 is 1.66 bits per heavy atom. The highest BCUT2D eigenvalue weighted by atomic mass is 32.2. The molecule has 6 nitrogen and oxygen atoms in total. The number of sulfonamides is 1. The van der Waals surface area contributed by atoms with Crippen LogP contribution in [0.2, 0.25) is 0 Å². The lowest BCUT2D eigenvalue weighted by molar-refractivity contribution is 0.244. The molecule has 0 saturated heterocycles. The summed E-state index contributed by atoms with van der Waals surface area (Å²) in [4.78, 5) is 4.34. The van der Waals surface area contributed by atoms with Gasteiger partial charge in [-0.2, -0.15) is 0 Å². The zero-order chi connectivity index (χ0) is 20.7. The Balaban J connectivity index is 1.53. The minimum Gasteiger partial charge on any atom is -0.356 e. The van der Waals surface area contributed by atoms with Crippen molar-refractivity contribution in [3.05, 3.63) is 71.3 Å². The van der Waals surface area contributed by atoms with Crippen LogP contribution in [0.1, 0.15) is 36.0 Å². The second-order valence-corrected chi connectivity index (χ2v) is 9.49. The fourth-order valence-corrected chi connectivity index (χ4v) is 4.44. The van der Waals surface area contributed by atoms with Gasteiger partial charge >= 0.3 is 0 Å². The predicted octanol–water partition coefficient (Wildman–Crippen LogP) is 2.52. The molecular formula is C22H30N4O2S. The second kappa shape index (κ2) is 9.41. The number of hydrogen-bond acceptors (Lipinski definition) is 3. The van der Waals surface area contributed by atoms with Crippen molar-refractivity contribution in [3.8, 4) is 0 Å². The average Bonchev–Trinajstić information content (AvgIpc) is 2.71. The van der Waals surface area contributed by atoms with E-state index in [9.17, 15) is 8.42 Å². The van der Waals surface area contributed by atoms with E-state index in [0.29, 0.717) is 6.54 Å². The first-order valence-electron chi connectivity index (χ1n) is 9.95. The molecule has 1 aliphatic rings. The molecule has 0 radical (unpaired) electrons. The van der Waals surface area contributed by atoms with Gasteiger partial charge in [-0.15, -0.1) is 0 Å². The zero-order valence-corrected chi connectivity index (χ0v) is 17.9. The van der Waals surface area contributed by atoms with Gasteiger partial charge in [-0.25, -0.2) is 13.1 Å². The van der Waals surface area contributed by atoms with Gasteiger partial charge in [0.05, 0.1) is 5.75 Å². The summed E-state index contributed by atoms with van der Waals surface area (Å²) in [5.41, 5.74) is 3.42. The van der Waals surface area contributed by atoms with Crippen molar-refractivity contribution in [1.29, 1.82) is 0 Å². The Kier molecular flexibility index (Phi) is 6.92. The predicted molar refractivity (Wildman–Crippen MR) is 118 cm³/mol. The number of aliphatic imine (C=N–C) groups is 1. The highest BCUT2D eigenvalue weighted by Gasteiger charge is 2.38. The zero-order valence-electron chi connectivity index (χ0n) is 17.1. The van der Waals surface area contributed by atoms with Crippen LogP contribution in [0.4, 0.5) is 0 Å². The molecule has 0 aromatic heterocycles. The molecule has 7 heteroatoms. The van der Waals surface area contributed by atoms with Crippen molar-refractivity contribution in [1.82, 2.24) is 15.4 Å². The van der Waals surface area contributed by atoms with Crippen LogP contribution >= 0.6 is 0 Å². The Morgan fingerprint density at radius 3 is 2.21 bits per heavy atom. The standard InChI is InChI=1S/C22H30N4O2S/c1-23-21(26-17-22(13-6-14-22)20-7-4-3-5-8-20)25-15-18-9-11-19(12-10-18)16-29(27,28)24-2/h3-5,7-12,24H,6,13-17H2,1-2H3,(H2,23,25,26). The van der Waals surface area contributed by atoms with Gasteiger partial charge in [-0.3, -0.25) is 4.99 Å². The van der Waals surface area contributed by atoms with Gasteiger partial charge in [-0.1, -0.05) is 61.0 Å². The van der Waals surface area contributed by atoms with E-state index in [-0.39, 0.29) is 11.2 Å². The van der Waals surface area contributed by atoms with E-state index in [0.717, 1.165) is 23.6 Å². The fraction of sp³-hybridized carbons (Fsp3) is 0.409. The molecule has 3 N–H and O–H groups in total. The number of nitrogens with zero attached hydrogens (tertiary/aromatic N) is 1. The average molecular weight is 415 g/mol. The Morgan fingerprint density at radius 1 is 1.00 bits per heavy atom. The van der Waals surface area contributed by atoms with Gasteiger partial charge in [0, 0.05) is 25.6 Å². The van der Waals surface area contributed by atoms with E-state index < -0.39 is 10.0 Å². The maximum atomic E-state index is 11.6. The van der Waals surface area contributed by atoms with Gasteiger partial charge in [0.1, 0.15) is 0 Å². The largest absolute Gasteiger partial charge is 0.356 e. The van der Waals surface area contributed by atoms with Crippen LogP contribution in [0.5, 0.6) is 0 Å². The van der Waals surface area contributed by atoms with E-state index in [4.69, 9.17) is 0 Å². The molecule has 1 fully saturated rings. The highest BCUT2D eigenvalue weighted by molar-refractivity contribution is 7.88. The number of benzene rings is 2. The van der Waals surface area contributed by atoms with Crippen molar-refractivity contribution in [2.75, 3.05) is 20.6 Å². The normalized spacial score (nSPS) is 16.1. The van der Waals surface area contributed by atoms with E-state index >= 15 is 0 Å². The summed E-state index contributed by atoms with van der Waals surface area (Å²) in [7, 11) is -0.0480. The van der Waals surface area contributed by atoms with Crippen LogP contribution in [0, 0.1) is 0 Å². The van der Waals surface area contributed by atoms with Crippen LogP contribution < -0.4 is 15.4 Å². The van der Waals surface area contributed by atoms with Crippen molar-refractivity contribution < 1.29 is 8.42 Å². The van der Waals surface area contributed by atoms with E-state index in [2.05, 4.69) is 50.7 Å². The molecule has 0 unspecified atom stereocenters. The smallest absolute Gasteiger partial charge is 0.215 e. The van der Waals surface area contributed by atoms with Gasteiger partial charge in [0.25, 0.3) is 0 Å². The fourth-order valence-electron chi connectivity index (χ4n) is 3.67. The molecule has 0 spiro atoms. The lowest BCUT2D eigenvalue weighted by Crippen LogP contribution is -2.48. The monoisotopic (exact) mass is 414 g/mol. The lowest BCUT2D eigenvalue weighted by Gasteiger charge is -2.43. The third-order valence-electron chi connectivity index (χ3n) is 5.67. The van der Waals surface area contributed by atoms with Crippen molar-refractivity contribution in [2.24, 2.45) is 4.99 Å². The molecule has 1 aliphatic carbocycles. The van der Waals surface area contributed by atoms with Gasteiger partial charge < -0.3 is 10.6 Å². The maximum absolute atomic E-state index is 11.6.